The highest BCUT2D eigenvalue weighted by atomic mass is 19.1. The molecule has 1 unspecified atom stereocenters. The molecule has 0 saturated heterocycles. The van der Waals surface area contributed by atoms with E-state index in [2.05, 4.69) is 15.6 Å². The number of carbonyl (C=O) groups is 2. The zero-order valence-corrected chi connectivity index (χ0v) is 12.6. The lowest BCUT2D eigenvalue weighted by Gasteiger charge is -2.18. The summed E-state index contributed by atoms with van der Waals surface area (Å²) in [6, 6.07) is 3.83. The number of hydrogen-bond acceptors (Lipinski definition) is 5. The number of carboxylic acids is 1. The van der Waals surface area contributed by atoms with Crippen LogP contribution in [0.15, 0.2) is 24.4 Å². The summed E-state index contributed by atoms with van der Waals surface area (Å²) in [4.78, 5) is 22.9. The highest BCUT2D eigenvalue weighted by molar-refractivity contribution is 5.84. The Hall–Kier alpha value is -2.97. The van der Waals surface area contributed by atoms with E-state index in [0.29, 0.717) is 30.8 Å². The first-order valence-corrected chi connectivity index (χ1v) is 7.38. The van der Waals surface area contributed by atoms with E-state index in [0.717, 1.165) is 4.68 Å². The van der Waals surface area contributed by atoms with Crippen molar-refractivity contribution in [2.24, 2.45) is 0 Å². The monoisotopic (exact) mass is 334 g/mol. The van der Waals surface area contributed by atoms with E-state index in [1.165, 1.54) is 18.3 Å². The minimum atomic E-state index is -1.22. The number of rotatable bonds is 4. The minimum absolute atomic E-state index is 0.178. The van der Waals surface area contributed by atoms with Crippen molar-refractivity contribution >= 4 is 11.9 Å². The maximum atomic E-state index is 13.5. The van der Waals surface area contributed by atoms with Crippen molar-refractivity contribution in [3.05, 3.63) is 41.5 Å². The quantitative estimate of drug-likeness (QED) is 0.868. The van der Waals surface area contributed by atoms with Gasteiger partial charge in [-0.3, -0.25) is 4.79 Å². The van der Waals surface area contributed by atoms with Crippen molar-refractivity contribution in [2.45, 2.75) is 25.4 Å². The van der Waals surface area contributed by atoms with Crippen LogP contribution in [0.4, 0.5) is 4.39 Å². The highest BCUT2D eigenvalue weighted by Gasteiger charge is 2.22. The molecule has 1 amide bonds. The number of fused-ring (bicyclic) bond motifs is 1. The molecule has 3 rings (SSSR count). The van der Waals surface area contributed by atoms with Gasteiger partial charge in [0, 0.05) is 5.56 Å². The number of amides is 1. The second-order valence-corrected chi connectivity index (χ2v) is 5.40. The zero-order valence-electron chi connectivity index (χ0n) is 12.6. The molecule has 126 valence electrons. The molecule has 0 radical (unpaired) electrons. The summed E-state index contributed by atoms with van der Waals surface area (Å²) < 4.78 is 20.2. The summed E-state index contributed by atoms with van der Waals surface area (Å²) in [5.41, 5.74) is 0.351. The summed E-state index contributed by atoms with van der Waals surface area (Å²) in [7, 11) is 0. The molecule has 1 aliphatic rings. The molecule has 24 heavy (non-hydrogen) atoms. The normalized spacial score (nSPS) is 16.6. The fourth-order valence-electron chi connectivity index (χ4n) is 2.56. The molecule has 0 spiro atoms. The van der Waals surface area contributed by atoms with Crippen molar-refractivity contribution in [1.29, 1.82) is 0 Å². The largest absolute Gasteiger partial charge is 0.493 e. The third-order valence-electron chi connectivity index (χ3n) is 3.64. The van der Waals surface area contributed by atoms with Crippen LogP contribution >= 0.6 is 0 Å². The molecule has 9 heteroatoms. The van der Waals surface area contributed by atoms with Gasteiger partial charge < -0.3 is 15.2 Å². The topological polar surface area (TPSA) is 106 Å². The third kappa shape index (κ3) is 3.50. The van der Waals surface area contributed by atoms with E-state index in [9.17, 15) is 14.0 Å². The van der Waals surface area contributed by atoms with E-state index < -0.39 is 11.8 Å². The summed E-state index contributed by atoms with van der Waals surface area (Å²) in [6.07, 6.45) is 2.50. The van der Waals surface area contributed by atoms with Crippen LogP contribution in [0.3, 0.4) is 0 Å². The smallest absolute Gasteiger partial charge is 0.358 e. The number of carboxylic acid groups (broad SMARTS) is 1. The van der Waals surface area contributed by atoms with E-state index in [4.69, 9.17) is 9.84 Å². The maximum absolute atomic E-state index is 13.5. The molecule has 2 heterocycles. The Morgan fingerprint density at radius 2 is 2.29 bits per heavy atom. The Labute approximate surface area is 136 Å². The number of aromatic nitrogens is 3. The molecule has 1 aliphatic heterocycles. The van der Waals surface area contributed by atoms with E-state index in [1.807, 2.05) is 0 Å². The predicted molar refractivity (Wildman–Crippen MR) is 79.0 cm³/mol. The van der Waals surface area contributed by atoms with Gasteiger partial charge in [-0.15, -0.1) is 5.10 Å². The van der Waals surface area contributed by atoms with Crippen LogP contribution in [0.5, 0.6) is 5.75 Å². The van der Waals surface area contributed by atoms with Crippen molar-refractivity contribution < 1.29 is 23.8 Å². The van der Waals surface area contributed by atoms with Gasteiger partial charge in [-0.05, 0) is 31.0 Å². The lowest BCUT2D eigenvalue weighted by Crippen LogP contribution is -2.31. The van der Waals surface area contributed by atoms with Crippen molar-refractivity contribution in [3.8, 4) is 5.75 Å². The molecule has 1 aromatic carbocycles. The number of carbonyl (C=O) groups excluding carboxylic acids is 1. The first-order valence-electron chi connectivity index (χ1n) is 7.38. The summed E-state index contributed by atoms with van der Waals surface area (Å²) in [6.45, 7) is 0.318. The molecule has 0 saturated carbocycles. The average molecular weight is 334 g/mol. The fraction of sp³-hybridized carbons (Fsp3) is 0.333. The van der Waals surface area contributed by atoms with E-state index in [1.54, 1.807) is 6.07 Å². The minimum Gasteiger partial charge on any atom is -0.493 e. The number of benzene rings is 1. The SMILES string of the molecule is O=C(Cn1cc(C(=O)O)nn1)NC1CCCOc2ccc(F)cc21. The second-order valence-electron chi connectivity index (χ2n) is 5.40. The Morgan fingerprint density at radius 3 is 3.04 bits per heavy atom. The van der Waals surface area contributed by atoms with Crippen LogP contribution in [0.1, 0.15) is 34.9 Å². The van der Waals surface area contributed by atoms with E-state index >= 15 is 0 Å². The molecule has 0 fully saturated rings. The number of nitrogens with zero attached hydrogens (tertiary/aromatic N) is 3. The van der Waals surface area contributed by atoms with Crippen molar-refractivity contribution in [1.82, 2.24) is 20.3 Å². The summed E-state index contributed by atoms with van der Waals surface area (Å²) in [5.74, 6) is -1.44. The molecule has 0 bridgehead atoms. The van der Waals surface area contributed by atoms with Crippen molar-refractivity contribution in [3.63, 3.8) is 0 Å². The lowest BCUT2D eigenvalue weighted by atomic mass is 10.0. The predicted octanol–water partition coefficient (Wildman–Crippen LogP) is 1.15. The summed E-state index contributed by atoms with van der Waals surface area (Å²) in [5, 5.41) is 18.6. The second kappa shape index (κ2) is 6.65. The van der Waals surface area contributed by atoms with Gasteiger partial charge in [0.05, 0.1) is 18.8 Å². The van der Waals surface area contributed by atoms with Gasteiger partial charge in [-0.1, -0.05) is 5.21 Å². The molecule has 1 atom stereocenters. The number of aromatic carboxylic acids is 1. The standard InChI is InChI=1S/C15H15FN4O4/c16-9-3-4-13-10(6-9)11(2-1-5-24-13)17-14(21)8-20-7-12(15(22)23)18-19-20/h3-4,6-7,11H,1-2,5,8H2,(H,17,21)(H,22,23). The highest BCUT2D eigenvalue weighted by Crippen LogP contribution is 2.32. The van der Waals surface area contributed by atoms with Crippen LogP contribution < -0.4 is 10.1 Å². The third-order valence-corrected chi connectivity index (χ3v) is 3.64. The first kappa shape index (κ1) is 15.9. The first-order chi connectivity index (χ1) is 11.5. The molecule has 0 aliphatic carbocycles. The molecule has 1 aromatic heterocycles. The van der Waals surface area contributed by atoms with Gasteiger partial charge in [0.2, 0.25) is 5.91 Å². The Bertz CT molecular complexity index is 777. The van der Waals surface area contributed by atoms with Crippen molar-refractivity contribution in [2.75, 3.05) is 6.61 Å². The molecule has 2 N–H and O–H groups in total. The van der Waals surface area contributed by atoms with Crippen LogP contribution in [-0.2, 0) is 11.3 Å². The van der Waals surface area contributed by atoms with Gasteiger partial charge in [0.1, 0.15) is 18.1 Å². The average Bonchev–Trinajstić information content (AvgIpc) is 2.91. The van der Waals surface area contributed by atoms with Crippen LogP contribution in [-0.4, -0.2) is 38.6 Å². The maximum Gasteiger partial charge on any atom is 0.358 e. The lowest BCUT2D eigenvalue weighted by molar-refractivity contribution is -0.122. The van der Waals surface area contributed by atoms with Gasteiger partial charge in [-0.25, -0.2) is 13.9 Å². The number of ether oxygens (including phenoxy) is 1. The molecular weight excluding hydrogens is 319 g/mol. The Kier molecular flexibility index (Phi) is 4.41. The van der Waals surface area contributed by atoms with Gasteiger partial charge in [-0.2, -0.15) is 0 Å². The fourth-order valence-corrected chi connectivity index (χ4v) is 2.56. The van der Waals surface area contributed by atoms with Crippen LogP contribution in [0.2, 0.25) is 0 Å². The van der Waals surface area contributed by atoms with Gasteiger partial charge in [0.15, 0.2) is 5.69 Å². The van der Waals surface area contributed by atoms with Crippen LogP contribution in [0.25, 0.3) is 0 Å². The van der Waals surface area contributed by atoms with Gasteiger partial charge >= 0.3 is 5.97 Å². The molecular formula is C15H15FN4O4. The number of hydrogen-bond donors (Lipinski definition) is 2. The Morgan fingerprint density at radius 1 is 1.46 bits per heavy atom. The number of halogens is 1. The zero-order chi connectivity index (χ0) is 17.1. The van der Waals surface area contributed by atoms with Gasteiger partial charge in [0.25, 0.3) is 0 Å². The number of nitrogens with one attached hydrogen (secondary N) is 1. The molecule has 8 nitrogen and oxygen atoms in total. The Balaban J connectivity index is 1.71. The van der Waals surface area contributed by atoms with E-state index in [-0.39, 0.29) is 24.2 Å². The van der Waals surface area contributed by atoms with Crippen LogP contribution in [0, 0.1) is 5.82 Å². The molecule has 2 aromatic rings. The summed E-state index contributed by atoms with van der Waals surface area (Å²) >= 11 is 0.